The normalized spacial score (nSPS) is 10.5. The predicted octanol–water partition coefficient (Wildman–Crippen LogP) is 1.93. The van der Waals surface area contributed by atoms with Crippen molar-refractivity contribution in [1.29, 1.82) is 0 Å². The molecule has 0 unspecified atom stereocenters. The first-order valence-electron chi connectivity index (χ1n) is 3.52. The summed E-state index contributed by atoms with van der Waals surface area (Å²) in [6.07, 6.45) is 1.35. The minimum Gasteiger partial charge on any atom is -0.397 e. The lowest BCUT2D eigenvalue weighted by Gasteiger charge is -2.07. The number of rotatable bonds is 1. The summed E-state index contributed by atoms with van der Waals surface area (Å²) in [5, 5.41) is 0. The number of nitrogens with two attached hydrogens (primary N) is 1. The molecule has 0 aliphatic heterocycles. The van der Waals surface area contributed by atoms with E-state index >= 15 is 0 Å². The third kappa shape index (κ3) is 1.67. The fourth-order valence-electron chi connectivity index (χ4n) is 0.955. The fourth-order valence-corrected chi connectivity index (χ4v) is 0.955. The summed E-state index contributed by atoms with van der Waals surface area (Å²) in [6, 6.07) is 1.38. The van der Waals surface area contributed by atoms with Gasteiger partial charge in [0, 0.05) is 0 Å². The van der Waals surface area contributed by atoms with Gasteiger partial charge >= 0.3 is 0 Å². The first kappa shape index (κ1) is 7.98. The summed E-state index contributed by atoms with van der Waals surface area (Å²) in [6.45, 7) is 3.93. The van der Waals surface area contributed by atoms with E-state index in [4.69, 9.17) is 5.73 Å². The molecule has 3 heteroatoms. The van der Waals surface area contributed by atoms with Crippen molar-refractivity contribution in [3.63, 3.8) is 0 Å². The van der Waals surface area contributed by atoms with Crippen molar-refractivity contribution in [3.05, 3.63) is 23.8 Å². The lowest BCUT2D eigenvalue weighted by atomic mass is 10.0. The predicted molar refractivity (Wildman–Crippen MR) is 42.7 cm³/mol. The molecule has 1 heterocycles. The number of halogens is 1. The maximum atomic E-state index is 12.5. The van der Waals surface area contributed by atoms with Gasteiger partial charge in [0.15, 0.2) is 0 Å². The van der Waals surface area contributed by atoms with E-state index in [9.17, 15) is 4.39 Å². The van der Waals surface area contributed by atoms with E-state index in [0.29, 0.717) is 5.69 Å². The summed E-state index contributed by atoms with van der Waals surface area (Å²) < 4.78 is 12.5. The molecule has 0 spiro atoms. The first-order chi connectivity index (χ1) is 5.11. The van der Waals surface area contributed by atoms with E-state index in [2.05, 4.69) is 4.98 Å². The van der Waals surface area contributed by atoms with Crippen LogP contribution in [0.1, 0.15) is 25.3 Å². The molecule has 0 aromatic carbocycles. The van der Waals surface area contributed by atoms with Crippen molar-refractivity contribution in [2.45, 2.75) is 19.8 Å². The highest BCUT2D eigenvalue weighted by Crippen LogP contribution is 2.20. The van der Waals surface area contributed by atoms with Crippen LogP contribution in [0.15, 0.2) is 12.3 Å². The third-order valence-electron chi connectivity index (χ3n) is 1.56. The Labute approximate surface area is 65.3 Å². The van der Waals surface area contributed by atoms with E-state index in [0.717, 1.165) is 5.56 Å². The quantitative estimate of drug-likeness (QED) is 0.628. The van der Waals surface area contributed by atoms with Crippen molar-refractivity contribution in [2.75, 3.05) is 5.73 Å². The summed E-state index contributed by atoms with van der Waals surface area (Å²) in [5.41, 5.74) is 6.94. The molecule has 0 saturated heterocycles. The molecular weight excluding hydrogens is 143 g/mol. The smallest absolute Gasteiger partial charge is 0.213 e. The Morgan fingerprint density at radius 3 is 2.64 bits per heavy atom. The summed E-state index contributed by atoms with van der Waals surface area (Å²) >= 11 is 0. The van der Waals surface area contributed by atoms with Crippen LogP contribution in [-0.2, 0) is 0 Å². The molecule has 0 fully saturated rings. The molecule has 1 aromatic rings. The zero-order valence-electron chi connectivity index (χ0n) is 6.63. The maximum absolute atomic E-state index is 12.5. The fraction of sp³-hybridized carbons (Fsp3) is 0.375. The van der Waals surface area contributed by atoms with E-state index < -0.39 is 5.95 Å². The van der Waals surface area contributed by atoms with Crippen LogP contribution in [0.4, 0.5) is 10.1 Å². The van der Waals surface area contributed by atoms with Crippen LogP contribution < -0.4 is 5.73 Å². The monoisotopic (exact) mass is 154 g/mol. The molecule has 0 atom stereocenters. The Kier molecular flexibility index (Phi) is 2.08. The molecule has 1 aromatic heterocycles. The van der Waals surface area contributed by atoms with Gasteiger partial charge in [-0.15, -0.1) is 0 Å². The van der Waals surface area contributed by atoms with Crippen LogP contribution in [0.25, 0.3) is 0 Å². The third-order valence-corrected chi connectivity index (χ3v) is 1.56. The van der Waals surface area contributed by atoms with Crippen molar-refractivity contribution < 1.29 is 4.39 Å². The maximum Gasteiger partial charge on any atom is 0.213 e. The average Bonchev–Trinajstić information content (AvgIpc) is 1.94. The molecule has 60 valence electrons. The van der Waals surface area contributed by atoms with Gasteiger partial charge in [-0.25, -0.2) is 4.98 Å². The molecule has 0 bridgehead atoms. The van der Waals surface area contributed by atoms with Crippen LogP contribution >= 0.6 is 0 Å². The zero-order valence-corrected chi connectivity index (χ0v) is 6.63. The molecule has 1 rings (SSSR count). The van der Waals surface area contributed by atoms with Crippen molar-refractivity contribution in [1.82, 2.24) is 4.98 Å². The van der Waals surface area contributed by atoms with E-state index in [1.807, 2.05) is 13.8 Å². The van der Waals surface area contributed by atoms with Gasteiger partial charge in [-0.1, -0.05) is 13.8 Å². The number of hydrogen-bond acceptors (Lipinski definition) is 2. The van der Waals surface area contributed by atoms with Crippen molar-refractivity contribution >= 4 is 5.69 Å². The molecular formula is C8H11FN2. The van der Waals surface area contributed by atoms with Crippen LogP contribution in [0.5, 0.6) is 0 Å². The molecule has 0 amide bonds. The first-order valence-corrected chi connectivity index (χ1v) is 3.52. The highest BCUT2D eigenvalue weighted by atomic mass is 19.1. The van der Waals surface area contributed by atoms with Gasteiger partial charge in [0.1, 0.15) is 0 Å². The van der Waals surface area contributed by atoms with Crippen LogP contribution in [0.3, 0.4) is 0 Å². The Bertz CT molecular complexity index is 258. The van der Waals surface area contributed by atoms with Crippen LogP contribution in [-0.4, -0.2) is 4.98 Å². The SMILES string of the molecule is CC(C)c1cc(F)ncc1N. The molecule has 0 radical (unpaired) electrons. The Balaban J connectivity index is 3.13. The van der Waals surface area contributed by atoms with Gasteiger partial charge in [0.2, 0.25) is 5.95 Å². The summed E-state index contributed by atoms with van der Waals surface area (Å²) in [5.74, 6) is -0.226. The van der Waals surface area contributed by atoms with Crippen molar-refractivity contribution in [2.24, 2.45) is 0 Å². The molecule has 0 aliphatic carbocycles. The second-order valence-corrected chi connectivity index (χ2v) is 2.79. The number of pyridine rings is 1. The molecule has 11 heavy (non-hydrogen) atoms. The number of anilines is 1. The van der Waals surface area contributed by atoms with Gasteiger partial charge in [-0.2, -0.15) is 4.39 Å². The number of aromatic nitrogens is 1. The summed E-state index contributed by atoms with van der Waals surface area (Å²) in [7, 11) is 0. The van der Waals surface area contributed by atoms with E-state index in [1.165, 1.54) is 12.3 Å². The lowest BCUT2D eigenvalue weighted by molar-refractivity contribution is 0.580. The summed E-state index contributed by atoms with van der Waals surface area (Å²) in [4.78, 5) is 3.43. The molecule has 0 aliphatic rings. The van der Waals surface area contributed by atoms with Gasteiger partial charge in [-0.3, -0.25) is 0 Å². The highest BCUT2D eigenvalue weighted by molar-refractivity contribution is 5.45. The average molecular weight is 154 g/mol. The Hall–Kier alpha value is -1.12. The minimum atomic E-state index is -0.470. The van der Waals surface area contributed by atoms with E-state index in [-0.39, 0.29) is 5.92 Å². The van der Waals surface area contributed by atoms with Gasteiger partial charge in [0.25, 0.3) is 0 Å². The van der Waals surface area contributed by atoms with Gasteiger partial charge in [-0.05, 0) is 17.5 Å². The van der Waals surface area contributed by atoms with Crippen molar-refractivity contribution in [3.8, 4) is 0 Å². The van der Waals surface area contributed by atoms with E-state index in [1.54, 1.807) is 0 Å². The lowest BCUT2D eigenvalue weighted by Crippen LogP contribution is -1.98. The van der Waals surface area contributed by atoms with Crippen LogP contribution in [0.2, 0.25) is 0 Å². The Morgan fingerprint density at radius 2 is 2.18 bits per heavy atom. The largest absolute Gasteiger partial charge is 0.397 e. The second kappa shape index (κ2) is 2.86. The second-order valence-electron chi connectivity index (χ2n) is 2.79. The minimum absolute atomic E-state index is 0.243. The molecule has 2 N–H and O–H groups in total. The Morgan fingerprint density at radius 1 is 1.55 bits per heavy atom. The van der Waals surface area contributed by atoms with Crippen LogP contribution in [0, 0.1) is 5.95 Å². The number of nitrogen functional groups attached to an aromatic ring is 1. The zero-order chi connectivity index (χ0) is 8.43. The van der Waals surface area contributed by atoms with Gasteiger partial charge in [0.05, 0.1) is 11.9 Å². The number of nitrogens with zero attached hydrogens (tertiary/aromatic N) is 1. The standard InChI is InChI=1S/C8H11FN2/c1-5(2)6-3-8(9)11-4-7(6)10/h3-5H,10H2,1-2H3. The van der Waals surface area contributed by atoms with Gasteiger partial charge < -0.3 is 5.73 Å². The molecule has 0 saturated carbocycles. The topological polar surface area (TPSA) is 38.9 Å². The number of hydrogen-bond donors (Lipinski definition) is 1. The highest BCUT2D eigenvalue weighted by Gasteiger charge is 2.05. The molecule has 2 nitrogen and oxygen atoms in total.